The predicted molar refractivity (Wildman–Crippen MR) is 40.5 cm³/mol. The van der Waals surface area contributed by atoms with Gasteiger partial charge in [-0.1, -0.05) is 0 Å². The second-order valence-electron chi connectivity index (χ2n) is 2.48. The van der Waals surface area contributed by atoms with Crippen LogP contribution in [0.1, 0.15) is 24.5 Å². The van der Waals surface area contributed by atoms with E-state index in [-0.39, 0.29) is 0 Å². The topological polar surface area (TPSA) is 25.8 Å². The number of hydrogen-bond donors (Lipinski definition) is 0. The van der Waals surface area contributed by atoms with Crippen molar-refractivity contribution >= 4 is 15.9 Å². The first-order chi connectivity index (χ1) is 4.88. The van der Waals surface area contributed by atoms with Gasteiger partial charge in [-0.25, -0.2) is 9.97 Å². The Kier molecular flexibility index (Phi) is 1.45. The highest BCUT2D eigenvalue weighted by molar-refractivity contribution is 9.10. The molecule has 2 rings (SSSR count). The molecule has 0 bridgehead atoms. The van der Waals surface area contributed by atoms with Crippen LogP contribution in [-0.4, -0.2) is 9.97 Å². The lowest BCUT2D eigenvalue weighted by Crippen LogP contribution is -1.88. The normalized spacial score (nSPS) is 17.3. The SMILES string of the molecule is Brc1cn[c]nc1C1CC1. The molecule has 0 aliphatic heterocycles. The first-order valence-electron chi connectivity index (χ1n) is 3.26. The van der Waals surface area contributed by atoms with Gasteiger partial charge in [0, 0.05) is 12.1 Å². The third-order valence-corrected chi connectivity index (χ3v) is 2.23. The van der Waals surface area contributed by atoms with Crippen molar-refractivity contribution in [1.29, 1.82) is 0 Å². The molecule has 2 nitrogen and oxygen atoms in total. The van der Waals surface area contributed by atoms with E-state index in [1.807, 2.05) is 0 Å². The van der Waals surface area contributed by atoms with Crippen LogP contribution in [-0.2, 0) is 0 Å². The quantitative estimate of drug-likeness (QED) is 0.688. The van der Waals surface area contributed by atoms with Crippen LogP contribution in [0.25, 0.3) is 0 Å². The Morgan fingerprint density at radius 1 is 1.60 bits per heavy atom. The number of halogens is 1. The third kappa shape index (κ3) is 1.06. The van der Waals surface area contributed by atoms with Gasteiger partial charge in [-0.05, 0) is 28.8 Å². The van der Waals surface area contributed by atoms with E-state index in [1.54, 1.807) is 6.20 Å². The molecule has 0 unspecified atom stereocenters. The van der Waals surface area contributed by atoms with Crippen LogP contribution in [0.15, 0.2) is 10.7 Å². The van der Waals surface area contributed by atoms with Gasteiger partial charge in [0.15, 0.2) is 6.33 Å². The maximum atomic E-state index is 4.06. The third-order valence-electron chi connectivity index (χ3n) is 1.61. The number of aromatic nitrogens is 2. The molecule has 0 atom stereocenters. The summed E-state index contributed by atoms with van der Waals surface area (Å²) in [5.41, 5.74) is 1.12. The Hall–Kier alpha value is -0.440. The summed E-state index contributed by atoms with van der Waals surface area (Å²) in [5.74, 6) is 0.675. The second-order valence-corrected chi connectivity index (χ2v) is 3.33. The molecule has 51 valence electrons. The van der Waals surface area contributed by atoms with Crippen molar-refractivity contribution in [2.24, 2.45) is 0 Å². The summed E-state index contributed by atoms with van der Waals surface area (Å²) in [4.78, 5) is 7.83. The molecule has 1 fully saturated rings. The van der Waals surface area contributed by atoms with E-state index in [2.05, 4.69) is 32.2 Å². The van der Waals surface area contributed by atoms with E-state index in [9.17, 15) is 0 Å². The molecule has 3 heteroatoms. The molecule has 1 aromatic heterocycles. The lowest BCUT2D eigenvalue weighted by Gasteiger charge is -1.96. The Morgan fingerprint density at radius 3 is 3.00 bits per heavy atom. The maximum Gasteiger partial charge on any atom is 0.198 e. The molecule has 1 aliphatic carbocycles. The van der Waals surface area contributed by atoms with E-state index >= 15 is 0 Å². The molecular formula is C7H6BrN2. The summed E-state index contributed by atoms with van der Waals surface area (Å²) in [5, 5.41) is 0. The Morgan fingerprint density at radius 2 is 2.40 bits per heavy atom. The molecule has 0 N–H and O–H groups in total. The maximum absolute atomic E-state index is 4.06. The summed E-state index contributed by atoms with van der Waals surface area (Å²) in [7, 11) is 0. The highest BCUT2D eigenvalue weighted by Crippen LogP contribution is 2.41. The van der Waals surface area contributed by atoms with E-state index in [4.69, 9.17) is 0 Å². The van der Waals surface area contributed by atoms with E-state index in [1.165, 1.54) is 12.8 Å². The van der Waals surface area contributed by atoms with Gasteiger partial charge in [-0.15, -0.1) is 0 Å². The first kappa shape index (κ1) is 6.28. The van der Waals surface area contributed by atoms with Crippen molar-refractivity contribution in [3.05, 3.63) is 22.7 Å². The fraction of sp³-hybridized carbons (Fsp3) is 0.429. The van der Waals surface area contributed by atoms with Gasteiger partial charge in [0.25, 0.3) is 0 Å². The van der Waals surface area contributed by atoms with Crippen LogP contribution in [0.5, 0.6) is 0 Å². The fourth-order valence-corrected chi connectivity index (χ4v) is 1.45. The van der Waals surface area contributed by atoms with Crippen LogP contribution in [0.4, 0.5) is 0 Å². The van der Waals surface area contributed by atoms with E-state index < -0.39 is 0 Å². The molecule has 0 amide bonds. The lowest BCUT2D eigenvalue weighted by molar-refractivity contribution is 0.965. The molecule has 1 saturated carbocycles. The highest BCUT2D eigenvalue weighted by atomic mass is 79.9. The van der Waals surface area contributed by atoms with Gasteiger partial charge in [0.2, 0.25) is 0 Å². The number of nitrogens with zero attached hydrogens (tertiary/aromatic N) is 2. The van der Waals surface area contributed by atoms with Crippen molar-refractivity contribution in [3.63, 3.8) is 0 Å². The molecular weight excluding hydrogens is 192 g/mol. The van der Waals surface area contributed by atoms with Gasteiger partial charge < -0.3 is 0 Å². The molecule has 1 radical (unpaired) electrons. The minimum absolute atomic E-state index is 0.675. The summed E-state index contributed by atoms with van der Waals surface area (Å²) in [6, 6.07) is 0. The van der Waals surface area contributed by atoms with Crippen LogP contribution in [0.3, 0.4) is 0 Å². The Balaban J connectivity index is 2.39. The van der Waals surface area contributed by atoms with Crippen LogP contribution < -0.4 is 0 Å². The van der Waals surface area contributed by atoms with Gasteiger partial charge in [-0.3, -0.25) is 0 Å². The van der Waals surface area contributed by atoms with Gasteiger partial charge in [-0.2, -0.15) is 0 Å². The van der Waals surface area contributed by atoms with Crippen LogP contribution in [0.2, 0.25) is 0 Å². The van der Waals surface area contributed by atoms with Crippen molar-refractivity contribution in [2.75, 3.05) is 0 Å². The van der Waals surface area contributed by atoms with E-state index in [0.717, 1.165) is 10.2 Å². The molecule has 0 aromatic carbocycles. The van der Waals surface area contributed by atoms with Crippen molar-refractivity contribution in [3.8, 4) is 0 Å². The predicted octanol–water partition coefficient (Wildman–Crippen LogP) is 1.92. The minimum Gasteiger partial charge on any atom is -0.233 e. The first-order valence-corrected chi connectivity index (χ1v) is 4.05. The van der Waals surface area contributed by atoms with Gasteiger partial charge >= 0.3 is 0 Å². The van der Waals surface area contributed by atoms with E-state index in [0.29, 0.717) is 5.92 Å². The van der Waals surface area contributed by atoms with Gasteiger partial charge in [0.05, 0.1) is 10.2 Å². The molecule has 1 aliphatic rings. The molecule has 10 heavy (non-hydrogen) atoms. The molecule has 0 saturated heterocycles. The molecule has 1 aromatic rings. The largest absolute Gasteiger partial charge is 0.233 e. The smallest absolute Gasteiger partial charge is 0.198 e. The summed E-state index contributed by atoms with van der Waals surface area (Å²) in [6.07, 6.45) is 6.88. The number of rotatable bonds is 1. The minimum atomic E-state index is 0.675. The van der Waals surface area contributed by atoms with Gasteiger partial charge in [0.1, 0.15) is 0 Å². The zero-order valence-electron chi connectivity index (χ0n) is 5.34. The van der Waals surface area contributed by atoms with Crippen LogP contribution >= 0.6 is 15.9 Å². The number of hydrogen-bond acceptors (Lipinski definition) is 2. The average Bonchev–Trinajstić information content (AvgIpc) is 2.71. The zero-order valence-corrected chi connectivity index (χ0v) is 6.93. The lowest BCUT2D eigenvalue weighted by atomic mass is 10.3. The highest BCUT2D eigenvalue weighted by Gasteiger charge is 2.26. The molecule has 1 heterocycles. The summed E-state index contributed by atoms with van der Waals surface area (Å²) in [6.45, 7) is 0. The second kappa shape index (κ2) is 2.31. The van der Waals surface area contributed by atoms with Crippen LogP contribution in [0, 0.1) is 6.33 Å². The van der Waals surface area contributed by atoms with Crippen molar-refractivity contribution in [1.82, 2.24) is 9.97 Å². The molecule has 0 spiro atoms. The summed E-state index contributed by atoms with van der Waals surface area (Å²) < 4.78 is 1.02. The zero-order chi connectivity index (χ0) is 6.97. The van der Waals surface area contributed by atoms with Crippen molar-refractivity contribution < 1.29 is 0 Å². The monoisotopic (exact) mass is 197 g/mol. The standard InChI is InChI=1S/C7H6BrN2/c8-6-3-9-4-10-7(6)5-1-2-5/h3,5H,1-2H2. The fourth-order valence-electron chi connectivity index (χ4n) is 0.931. The summed E-state index contributed by atoms with van der Waals surface area (Å²) >= 11 is 3.39. The Labute approximate surface area is 67.8 Å². The average molecular weight is 198 g/mol. The van der Waals surface area contributed by atoms with Crippen molar-refractivity contribution in [2.45, 2.75) is 18.8 Å². The Bertz CT molecular complexity index is 245.